The number of carbonyl (C=O) groups is 2. The van der Waals surface area contributed by atoms with E-state index in [0.29, 0.717) is 11.1 Å². The minimum Gasteiger partial charge on any atom is -0.507 e. The second-order valence-corrected chi connectivity index (χ2v) is 4.11. The fraction of sp³-hybridized carbons (Fsp3) is 0.231. The molecular formula is C13H12O3. The summed E-state index contributed by atoms with van der Waals surface area (Å²) in [5.41, 5.74) is 2.81. The number of allylic oxidation sites excluding steroid dienone is 1. The van der Waals surface area contributed by atoms with Crippen molar-refractivity contribution in [2.24, 2.45) is 0 Å². The highest BCUT2D eigenvalue weighted by Gasteiger charge is 2.30. The van der Waals surface area contributed by atoms with E-state index in [0.717, 1.165) is 11.1 Å². The Morgan fingerprint density at radius 1 is 0.875 bits per heavy atom. The first-order valence-electron chi connectivity index (χ1n) is 5.04. The largest absolute Gasteiger partial charge is 0.507 e. The van der Waals surface area contributed by atoms with Crippen molar-refractivity contribution in [3.63, 3.8) is 0 Å². The van der Waals surface area contributed by atoms with Gasteiger partial charge in [0.15, 0.2) is 0 Å². The smallest absolute Gasteiger partial charge is 0.234 e. The summed E-state index contributed by atoms with van der Waals surface area (Å²) in [6.45, 7) is 5.24. The van der Waals surface area contributed by atoms with Crippen molar-refractivity contribution in [2.45, 2.75) is 20.8 Å². The van der Waals surface area contributed by atoms with Crippen molar-refractivity contribution >= 4 is 17.3 Å². The Labute approximate surface area is 93.4 Å². The van der Waals surface area contributed by atoms with E-state index in [4.69, 9.17) is 0 Å². The van der Waals surface area contributed by atoms with Crippen molar-refractivity contribution < 1.29 is 14.7 Å². The predicted molar refractivity (Wildman–Crippen MR) is 60.5 cm³/mol. The molecular weight excluding hydrogens is 204 g/mol. The van der Waals surface area contributed by atoms with Gasteiger partial charge in [0.2, 0.25) is 11.6 Å². The Morgan fingerprint density at radius 2 is 1.38 bits per heavy atom. The van der Waals surface area contributed by atoms with Crippen LogP contribution in [-0.4, -0.2) is 16.7 Å². The maximum absolute atomic E-state index is 11.7. The Bertz CT molecular complexity index is 551. The van der Waals surface area contributed by atoms with Crippen LogP contribution in [0.25, 0.3) is 5.76 Å². The highest BCUT2D eigenvalue weighted by atomic mass is 16.3. The van der Waals surface area contributed by atoms with E-state index >= 15 is 0 Å². The zero-order valence-electron chi connectivity index (χ0n) is 9.42. The monoisotopic (exact) mass is 216 g/mol. The van der Waals surface area contributed by atoms with Crippen LogP contribution >= 0.6 is 0 Å². The van der Waals surface area contributed by atoms with Crippen LogP contribution < -0.4 is 0 Å². The molecule has 0 saturated heterocycles. The number of hydrogen-bond donors (Lipinski definition) is 1. The van der Waals surface area contributed by atoms with Crippen molar-refractivity contribution in [3.8, 4) is 0 Å². The third kappa shape index (κ3) is 1.28. The molecule has 0 aliphatic heterocycles. The highest BCUT2D eigenvalue weighted by Crippen LogP contribution is 2.29. The van der Waals surface area contributed by atoms with Gasteiger partial charge in [0.1, 0.15) is 5.76 Å². The molecule has 0 saturated carbocycles. The molecule has 1 aromatic carbocycles. The second kappa shape index (κ2) is 3.30. The van der Waals surface area contributed by atoms with Crippen LogP contribution in [-0.2, 0) is 4.79 Å². The first kappa shape index (κ1) is 10.6. The van der Waals surface area contributed by atoms with Crippen LogP contribution in [0.1, 0.15) is 34.0 Å². The van der Waals surface area contributed by atoms with Crippen LogP contribution in [0.15, 0.2) is 17.7 Å². The molecule has 1 N–H and O–H groups in total. The summed E-state index contributed by atoms with van der Waals surface area (Å²) in [7, 11) is 0. The van der Waals surface area contributed by atoms with Gasteiger partial charge in [0, 0.05) is 16.7 Å². The normalized spacial score (nSPS) is 15.4. The molecule has 1 aromatic rings. The number of Topliss-reactive ketones (excluding diaryl/α,β-unsaturated/α-hetero) is 2. The molecule has 0 spiro atoms. The third-order valence-electron chi connectivity index (χ3n) is 3.04. The molecule has 3 heteroatoms. The number of aryl methyl sites for hydroxylation is 2. The predicted octanol–water partition coefficient (Wildman–Crippen LogP) is 2.36. The molecule has 0 unspecified atom stereocenters. The number of fused-ring (bicyclic) bond motifs is 1. The molecule has 0 amide bonds. The lowest BCUT2D eigenvalue weighted by Gasteiger charge is -2.17. The Hall–Kier alpha value is -1.90. The van der Waals surface area contributed by atoms with Gasteiger partial charge in [-0.1, -0.05) is 0 Å². The summed E-state index contributed by atoms with van der Waals surface area (Å²) in [5, 5.41) is 9.84. The van der Waals surface area contributed by atoms with Gasteiger partial charge in [0.25, 0.3) is 0 Å². The van der Waals surface area contributed by atoms with Gasteiger partial charge in [-0.15, -0.1) is 0 Å². The van der Waals surface area contributed by atoms with E-state index in [1.165, 1.54) is 6.92 Å². The fourth-order valence-electron chi connectivity index (χ4n) is 1.80. The molecule has 0 bridgehead atoms. The van der Waals surface area contributed by atoms with Gasteiger partial charge in [-0.3, -0.25) is 9.59 Å². The lowest BCUT2D eigenvalue weighted by molar-refractivity contribution is -0.111. The highest BCUT2D eigenvalue weighted by molar-refractivity contribution is 6.52. The van der Waals surface area contributed by atoms with Crippen LogP contribution in [0.5, 0.6) is 0 Å². The molecule has 16 heavy (non-hydrogen) atoms. The van der Waals surface area contributed by atoms with Gasteiger partial charge in [-0.05, 0) is 44.0 Å². The van der Waals surface area contributed by atoms with E-state index in [2.05, 4.69) is 0 Å². The van der Waals surface area contributed by atoms with Gasteiger partial charge in [0.05, 0.1) is 0 Å². The number of hydrogen-bond acceptors (Lipinski definition) is 3. The summed E-state index contributed by atoms with van der Waals surface area (Å²) in [6.07, 6.45) is 0. The van der Waals surface area contributed by atoms with Gasteiger partial charge in [-0.2, -0.15) is 0 Å². The lowest BCUT2D eigenvalue weighted by Crippen LogP contribution is -2.23. The SMILES string of the molecule is CC1=C(O)c2cc(C)c(C)cc2C(=O)C1=O. The lowest BCUT2D eigenvalue weighted by atomic mass is 9.87. The zero-order chi connectivity index (χ0) is 12.0. The summed E-state index contributed by atoms with van der Waals surface area (Å²) < 4.78 is 0. The van der Waals surface area contributed by atoms with E-state index in [9.17, 15) is 14.7 Å². The summed E-state index contributed by atoms with van der Waals surface area (Å²) in [6, 6.07) is 3.40. The van der Waals surface area contributed by atoms with Crippen molar-refractivity contribution in [1.29, 1.82) is 0 Å². The van der Waals surface area contributed by atoms with E-state index in [1.807, 2.05) is 13.8 Å². The number of aliphatic hydroxyl groups excluding tert-OH is 1. The second-order valence-electron chi connectivity index (χ2n) is 4.11. The summed E-state index contributed by atoms with van der Waals surface area (Å²) in [4.78, 5) is 23.3. The molecule has 1 aliphatic rings. The van der Waals surface area contributed by atoms with Gasteiger partial charge < -0.3 is 5.11 Å². The molecule has 82 valence electrons. The van der Waals surface area contributed by atoms with Crippen LogP contribution in [0.2, 0.25) is 0 Å². The number of benzene rings is 1. The number of carbonyl (C=O) groups excluding carboxylic acids is 2. The van der Waals surface area contributed by atoms with Crippen molar-refractivity contribution in [3.05, 3.63) is 40.0 Å². The fourth-order valence-corrected chi connectivity index (χ4v) is 1.80. The average Bonchev–Trinajstić information content (AvgIpc) is 2.26. The minimum atomic E-state index is -0.617. The maximum atomic E-state index is 11.7. The number of ketones is 2. The third-order valence-corrected chi connectivity index (χ3v) is 3.04. The molecule has 0 aromatic heterocycles. The molecule has 0 radical (unpaired) electrons. The van der Waals surface area contributed by atoms with Gasteiger partial charge >= 0.3 is 0 Å². The van der Waals surface area contributed by atoms with E-state index in [1.54, 1.807) is 12.1 Å². The molecule has 0 atom stereocenters. The first-order valence-corrected chi connectivity index (χ1v) is 5.04. The standard InChI is InChI=1S/C13H12O3/c1-6-4-9-10(5-7(6)2)13(16)12(15)8(3)11(9)14/h4-5,14H,1-3H3. The maximum Gasteiger partial charge on any atom is 0.234 e. The molecule has 0 fully saturated rings. The van der Waals surface area contributed by atoms with Gasteiger partial charge in [-0.25, -0.2) is 0 Å². The van der Waals surface area contributed by atoms with Crippen LogP contribution in [0.3, 0.4) is 0 Å². The minimum absolute atomic E-state index is 0.0808. The van der Waals surface area contributed by atoms with E-state index < -0.39 is 11.6 Å². The summed E-state index contributed by atoms with van der Waals surface area (Å²) >= 11 is 0. The number of aliphatic hydroxyl groups is 1. The van der Waals surface area contributed by atoms with Crippen molar-refractivity contribution in [1.82, 2.24) is 0 Å². The van der Waals surface area contributed by atoms with Crippen LogP contribution in [0.4, 0.5) is 0 Å². The molecule has 0 heterocycles. The number of rotatable bonds is 0. The topological polar surface area (TPSA) is 54.4 Å². The van der Waals surface area contributed by atoms with Crippen LogP contribution in [0, 0.1) is 13.8 Å². The first-order chi connectivity index (χ1) is 7.43. The zero-order valence-corrected chi connectivity index (χ0v) is 9.42. The molecule has 3 nitrogen and oxygen atoms in total. The Balaban J connectivity index is 2.81. The molecule has 2 rings (SSSR count). The average molecular weight is 216 g/mol. The summed E-state index contributed by atoms with van der Waals surface area (Å²) in [5.74, 6) is -1.23. The Kier molecular flexibility index (Phi) is 2.19. The Morgan fingerprint density at radius 3 is 1.94 bits per heavy atom. The van der Waals surface area contributed by atoms with E-state index in [-0.39, 0.29) is 11.3 Å². The quantitative estimate of drug-likeness (QED) is 0.677. The molecule has 1 aliphatic carbocycles. The van der Waals surface area contributed by atoms with Crippen molar-refractivity contribution in [2.75, 3.05) is 0 Å².